The van der Waals surface area contributed by atoms with Crippen LogP contribution in [0.5, 0.6) is 5.75 Å². The maximum absolute atomic E-state index is 11.9. The van der Waals surface area contributed by atoms with Gasteiger partial charge in [0, 0.05) is 16.8 Å². The fourth-order valence-corrected chi connectivity index (χ4v) is 2.23. The Morgan fingerprint density at radius 3 is 2.68 bits per heavy atom. The van der Waals surface area contributed by atoms with Crippen LogP contribution in [0.2, 0.25) is 5.02 Å². The van der Waals surface area contributed by atoms with Crippen molar-refractivity contribution in [2.24, 2.45) is 0 Å². The van der Waals surface area contributed by atoms with Gasteiger partial charge in [-0.05, 0) is 31.5 Å². The molecule has 0 amide bonds. The molecule has 100 valence electrons. The van der Waals surface area contributed by atoms with Gasteiger partial charge in [0.05, 0.1) is 12.1 Å². The molecule has 0 saturated heterocycles. The second-order valence-corrected chi connectivity index (χ2v) is 4.59. The van der Waals surface area contributed by atoms with Crippen molar-refractivity contribution in [2.45, 2.75) is 20.3 Å². The lowest BCUT2D eigenvalue weighted by Crippen LogP contribution is -2.16. The van der Waals surface area contributed by atoms with Gasteiger partial charge < -0.3 is 9.72 Å². The monoisotopic (exact) mass is 278 g/mol. The van der Waals surface area contributed by atoms with Crippen LogP contribution in [0.25, 0.3) is 11.4 Å². The smallest absolute Gasteiger partial charge is 0.254 e. The number of methoxy groups -OCH3 is 1. The van der Waals surface area contributed by atoms with Gasteiger partial charge in [0.2, 0.25) is 0 Å². The summed E-state index contributed by atoms with van der Waals surface area (Å²) in [5.74, 6) is 1.11. The molecular formula is C14H15ClN2O2. The van der Waals surface area contributed by atoms with Crippen LogP contribution < -0.4 is 10.3 Å². The third kappa shape index (κ3) is 2.63. The van der Waals surface area contributed by atoms with Gasteiger partial charge in [-0.3, -0.25) is 4.79 Å². The molecular weight excluding hydrogens is 264 g/mol. The number of aromatic nitrogens is 2. The highest BCUT2D eigenvalue weighted by Gasteiger charge is 2.09. The molecule has 0 aliphatic rings. The summed E-state index contributed by atoms with van der Waals surface area (Å²) in [7, 11) is 1.56. The molecule has 2 rings (SSSR count). The number of benzene rings is 1. The summed E-state index contributed by atoms with van der Waals surface area (Å²) in [6.45, 7) is 3.77. The molecule has 2 aromatic rings. The average molecular weight is 279 g/mol. The summed E-state index contributed by atoms with van der Waals surface area (Å²) in [6.07, 6.45) is 0.664. The van der Waals surface area contributed by atoms with Crippen molar-refractivity contribution in [1.29, 1.82) is 0 Å². The van der Waals surface area contributed by atoms with Gasteiger partial charge in [-0.15, -0.1) is 0 Å². The summed E-state index contributed by atoms with van der Waals surface area (Å²) < 4.78 is 5.10. The fourth-order valence-electron chi connectivity index (χ4n) is 1.98. The predicted molar refractivity (Wildman–Crippen MR) is 76.0 cm³/mol. The summed E-state index contributed by atoms with van der Waals surface area (Å²) in [6, 6.07) is 5.29. The van der Waals surface area contributed by atoms with Crippen LogP contribution in [0.4, 0.5) is 0 Å². The molecule has 0 bridgehead atoms. The van der Waals surface area contributed by atoms with Crippen molar-refractivity contribution in [3.05, 3.63) is 44.8 Å². The molecule has 0 aliphatic heterocycles. The van der Waals surface area contributed by atoms with Crippen molar-refractivity contribution in [2.75, 3.05) is 7.11 Å². The lowest BCUT2D eigenvalue weighted by atomic mass is 10.1. The van der Waals surface area contributed by atoms with E-state index < -0.39 is 0 Å². The van der Waals surface area contributed by atoms with Gasteiger partial charge in [0.15, 0.2) is 0 Å². The number of aryl methyl sites for hydroxylation is 1. The molecule has 1 N–H and O–H groups in total. The van der Waals surface area contributed by atoms with Crippen LogP contribution in [0.1, 0.15) is 18.2 Å². The van der Waals surface area contributed by atoms with E-state index in [1.807, 2.05) is 19.9 Å². The van der Waals surface area contributed by atoms with E-state index in [0.717, 1.165) is 11.3 Å². The number of nitrogens with zero attached hydrogens (tertiary/aromatic N) is 1. The fraction of sp³-hybridized carbons (Fsp3) is 0.286. The highest BCUT2D eigenvalue weighted by molar-refractivity contribution is 6.32. The Labute approximate surface area is 116 Å². The molecule has 5 heteroatoms. The summed E-state index contributed by atoms with van der Waals surface area (Å²) >= 11 is 6.07. The number of H-pyrrole nitrogens is 1. The molecule has 4 nitrogen and oxygen atoms in total. The molecule has 1 aromatic carbocycles. The number of aromatic amines is 1. The number of hydrogen-bond donors (Lipinski definition) is 1. The van der Waals surface area contributed by atoms with Crippen molar-refractivity contribution in [1.82, 2.24) is 9.97 Å². The maximum atomic E-state index is 11.9. The van der Waals surface area contributed by atoms with E-state index >= 15 is 0 Å². The number of rotatable bonds is 3. The molecule has 0 unspecified atom stereocenters. The molecule has 0 aliphatic carbocycles. The first-order valence-electron chi connectivity index (χ1n) is 6.00. The zero-order valence-corrected chi connectivity index (χ0v) is 11.8. The minimum atomic E-state index is -0.100. The number of halogens is 1. The van der Waals surface area contributed by atoms with Crippen molar-refractivity contribution in [3.8, 4) is 17.1 Å². The molecule has 0 fully saturated rings. The second kappa shape index (κ2) is 5.45. The molecule has 19 heavy (non-hydrogen) atoms. The molecule has 0 spiro atoms. The Morgan fingerprint density at radius 1 is 1.42 bits per heavy atom. The Morgan fingerprint density at radius 2 is 2.16 bits per heavy atom. The Kier molecular flexibility index (Phi) is 3.90. The SMILES string of the molecule is CCc1c(C)nc(-c2ccc(OC)c(Cl)c2)[nH]c1=O. The Hall–Kier alpha value is -1.81. The van der Waals surface area contributed by atoms with Gasteiger partial charge in [0.1, 0.15) is 11.6 Å². The molecule has 0 radical (unpaired) electrons. The zero-order valence-electron chi connectivity index (χ0n) is 11.1. The minimum absolute atomic E-state index is 0.100. The normalized spacial score (nSPS) is 10.5. The zero-order chi connectivity index (χ0) is 14.0. The number of nitrogens with one attached hydrogen (secondary N) is 1. The summed E-state index contributed by atoms with van der Waals surface area (Å²) in [4.78, 5) is 19.1. The highest BCUT2D eigenvalue weighted by atomic mass is 35.5. The first-order valence-corrected chi connectivity index (χ1v) is 6.38. The van der Waals surface area contributed by atoms with Crippen molar-refractivity contribution >= 4 is 11.6 Å². The number of ether oxygens (including phenoxy) is 1. The van der Waals surface area contributed by atoms with Gasteiger partial charge >= 0.3 is 0 Å². The van der Waals surface area contributed by atoms with E-state index in [0.29, 0.717) is 28.6 Å². The largest absolute Gasteiger partial charge is 0.495 e. The Balaban J connectivity index is 2.54. The number of hydrogen-bond acceptors (Lipinski definition) is 3. The lowest BCUT2D eigenvalue weighted by Gasteiger charge is -2.08. The van der Waals surface area contributed by atoms with Crippen LogP contribution in [0.3, 0.4) is 0 Å². The van der Waals surface area contributed by atoms with E-state index in [4.69, 9.17) is 16.3 Å². The van der Waals surface area contributed by atoms with Crippen LogP contribution in [-0.4, -0.2) is 17.1 Å². The standard InChI is InChI=1S/C14H15ClN2O2/c1-4-10-8(2)16-13(17-14(10)18)9-5-6-12(19-3)11(15)7-9/h5-7H,4H2,1-3H3,(H,16,17,18). The molecule has 1 heterocycles. The van der Waals surface area contributed by atoms with Crippen LogP contribution in [0, 0.1) is 6.92 Å². The lowest BCUT2D eigenvalue weighted by molar-refractivity contribution is 0.415. The van der Waals surface area contributed by atoms with Gasteiger partial charge in [0.25, 0.3) is 5.56 Å². The van der Waals surface area contributed by atoms with E-state index in [1.54, 1.807) is 19.2 Å². The Bertz CT molecular complexity index is 665. The van der Waals surface area contributed by atoms with Crippen LogP contribution in [-0.2, 0) is 6.42 Å². The topological polar surface area (TPSA) is 55.0 Å². The molecule has 0 saturated carbocycles. The third-order valence-electron chi connectivity index (χ3n) is 3.00. The average Bonchev–Trinajstić information content (AvgIpc) is 2.38. The van der Waals surface area contributed by atoms with Gasteiger partial charge in [-0.1, -0.05) is 18.5 Å². The summed E-state index contributed by atoms with van der Waals surface area (Å²) in [5.41, 5.74) is 2.11. The van der Waals surface area contributed by atoms with Crippen molar-refractivity contribution < 1.29 is 4.74 Å². The van der Waals surface area contributed by atoms with Crippen LogP contribution in [0.15, 0.2) is 23.0 Å². The first kappa shape index (κ1) is 13.6. The maximum Gasteiger partial charge on any atom is 0.254 e. The van der Waals surface area contributed by atoms with E-state index in [2.05, 4.69) is 9.97 Å². The predicted octanol–water partition coefficient (Wildman–Crippen LogP) is 2.97. The van der Waals surface area contributed by atoms with E-state index in [1.165, 1.54) is 0 Å². The quantitative estimate of drug-likeness (QED) is 0.939. The van der Waals surface area contributed by atoms with E-state index in [-0.39, 0.29) is 5.56 Å². The molecule has 0 atom stereocenters. The summed E-state index contributed by atoms with van der Waals surface area (Å²) in [5, 5.41) is 0.486. The van der Waals surface area contributed by atoms with Crippen LogP contribution >= 0.6 is 11.6 Å². The molecule has 1 aromatic heterocycles. The minimum Gasteiger partial charge on any atom is -0.495 e. The third-order valence-corrected chi connectivity index (χ3v) is 3.30. The second-order valence-electron chi connectivity index (χ2n) is 4.18. The highest BCUT2D eigenvalue weighted by Crippen LogP contribution is 2.28. The first-order chi connectivity index (χ1) is 9.06. The van der Waals surface area contributed by atoms with Crippen molar-refractivity contribution in [3.63, 3.8) is 0 Å². The van der Waals surface area contributed by atoms with Gasteiger partial charge in [-0.2, -0.15) is 0 Å². The van der Waals surface area contributed by atoms with E-state index in [9.17, 15) is 4.79 Å². The van der Waals surface area contributed by atoms with Gasteiger partial charge in [-0.25, -0.2) is 4.98 Å².